The number of halogens is 4. The molecule has 9 nitrogen and oxygen atoms in total. The largest absolute Gasteiger partial charge is 0.490 e. The molecule has 2 aromatic rings. The number of carboxylic acid groups (broad SMARTS) is 2. The summed E-state index contributed by atoms with van der Waals surface area (Å²) < 4.78 is 32.7. The van der Waals surface area contributed by atoms with Crippen molar-refractivity contribution in [1.82, 2.24) is 5.32 Å². The van der Waals surface area contributed by atoms with Crippen molar-refractivity contribution < 1.29 is 42.6 Å². The molecule has 0 aliphatic carbocycles. The number of hydrogen-bond donors (Lipinski definition) is 4. The molecule has 37 heavy (non-hydrogen) atoms. The lowest BCUT2D eigenvalue weighted by atomic mass is 9.95. The molecule has 0 spiro atoms. The van der Waals surface area contributed by atoms with Crippen LogP contribution in [0.3, 0.4) is 0 Å². The second-order valence-corrected chi connectivity index (χ2v) is 9.37. The van der Waals surface area contributed by atoms with Gasteiger partial charge in [-0.25, -0.2) is 4.79 Å². The minimum atomic E-state index is -5.08. The highest BCUT2D eigenvalue weighted by molar-refractivity contribution is 14.1. The number of alkyl halides is 3. The third kappa shape index (κ3) is 7.21. The molecular formula is C24H21F3IN3O6. The summed E-state index contributed by atoms with van der Waals surface area (Å²) in [6.45, 7) is 1.44. The first kappa shape index (κ1) is 28.0. The van der Waals surface area contributed by atoms with Crippen molar-refractivity contribution in [2.45, 2.75) is 19.0 Å². The average molecular weight is 631 g/mol. The van der Waals surface area contributed by atoms with Crippen molar-refractivity contribution in [1.29, 1.82) is 0 Å². The number of aliphatic carboxylic acids is 2. The zero-order valence-corrected chi connectivity index (χ0v) is 21.2. The molecule has 2 amide bonds. The highest BCUT2D eigenvalue weighted by atomic mass is 127. The Hall–Kier alpha value is -3.62. The summed E-state index contributed by atoms with van der Waals surface area (Å²) in [5, 5.41) is 21.8. The van der Waals surface area contributed by atoms with Crippen LogP contribution in [0.15, 0.2) is 48.7 Å². The Morgan fingerprint density at radius 3 is 2.14 bits per heavy atom. The number of benzene rings is 2. The van der Waals surface area contributed by atoms with Crippen LogP contribution in [-0.2, 0) is 14.4 Å². The van der Waals surface area contributed by atoms with Crippen LogP contribution in [0.4, 0.5) is 24.5 Å². The molecule has 2 aliphatic heterocycles. The van der Waals surface area contributed by atoms with Crippen molar-refractivity contribution in [3.63, 3.8) is 0 Å². The molecule has 0 atom stereocenters. The summed E-state index contributed by atoms with van der Waals surface area (Å²) >= 11 is 2.15. The molecule has 1 fully saturated rings. The molecular weight excluding hydrogens is 610 g/mol. The first-order valence-corrected chi connectivity index (χ1v) is 11.9. The maximum atomic E-state index is 12.3. The summed E-state index contributed by atoms with van der Waals surface area (Å²) in [5.74, 6) is -4.55. The second kappa shape index (κ2) is 11.6. The van der Waals surface area contributed by atoms with E-state index in [2.05, 4.69) is 38.1 Å². The number of carbonyl (C=O) groups excluding carboxylic acids is 2. The third-order valence-electron chi connectivity index (χ3n) is 5.69. The van der Waals surface area contributed by atoms with E-state index >= 15 is 0 Å². The van der Waals surface area contributed by atoms with E-state index in [1.165, 1.54) is 0 Å². The van der Waals surface area contributed by atoms with Crippen molar-refractivity contribution in [3.8, 4) is 0 Å². The second-order valence-electron chi connectivity index (χ2n) is 8.12. The summed E-state index contributed by atoms with van der Waals surface area (Å²) in [7, 11) is 0. The third-order valence-corrected chi connectivity index (χ3v) is 6.36. The van der Waals surface area contributed by atoms with E-state index in [0.29, 0.717) is 29.5 Å². The number of imide groups is 1. The van der Waals surface area contributed by atoms with Gasteiger partial charge in [-0.15, -0.1) is 0 Å². The fourth-order valence-electron chi connectivity index (χ4n) is 3.75. The minimum absolute atomic E-state index is 0.256. The molecule has 4 N–H and O–H groups in total. The predicted octanol–water partition coefficient (Wildman–Crippen LogP) is 3.95. The van der Waals surface area contributed by atoms with E-state index in [9.17, 15) is 27.6 Å². The summed E-state index contributed by atoms with van der Waals surface area (Å²) in [6.07, 6.45) is -2.18. The van der Waals surface area contributed by atoms with Crippen LogP contribution in [0.2, 0.25) is 0 Å². The van der Waals surface area contributed by atoms with Gasteiger partial charge in [0.05, 0.1) is 11.5 Å². The van der Waals surface area contributed by atoms with Crippen molar-refractivity contribution in [2.75, 3.05) is 23.3 Å². The monoisotopic (exact) mass is 631 g/mol. The summed E-state index contributed by atoms with van der Waals surface area (Å²) in [4.78, 5) is 46.6. The highest BCUT2D eigenvalue weighted by Crippen LogP contribution is 2.28. The van der Waals surface area contributed by atoms with Crippen molar-refractivity contribution in [3.05, 3.63) is 63.4 Å². The van der Waals surface area contributed by atoms with Crippen LogP contribution in [0.5, 0.6) is 0 Å². The van der Waals surface area contributed by atoms with Crippen LogP contribution in [0.25, 0.3) is 5.57 Å². The molecule has 13 heteroatoms. The molecule has 0 bridgehead atoms. The van der Waals surface area contributed by atoms with Crippen LogP contribution in [-0.4, -0.2) is 53.2 Å². The van der Waals surface area contributed by atoms with Gasteiger partial charge in [0, 0.05) is 45.4 Å². The van der Waals surface area contributed by atoms with Gasteiger partial charge in [-0.2, -0.15) is 13.2 Å². The first-order chi connectivity index (χ1) is 17.4. The fraction of sp³-hybridized carbons (Fsp3) is 0.250. The number of carboxylic acids is 2. The van der Waals surface area contributed by atoms with Gasteiger partial charge in [0.1, 0.15) is 0 Å². The summed E-state index contributed by atoms with van der Waals surface area (Å²) in [6, 6.07) is 13.2. The van der Waals surface area contributed by atoms with Gasteiger partial charge < -0.3 is 20.4 Å². The number of piperidine rings is 1. The van der Waals surface area contributed by atoms with E-state index in [-0.39, 0.29) is 11.8 Å². The molecule has 0 radical (unpaired) electrons. The number of rotatable bonds is 4. The molecule has 4 rings (SSSR count). The molecule has 2 aromatic carbocycles. The molecule has 196 valence electrons. The van der Waals surface area contributed by atoms with Gasteiger partial charge in [-0.05, 0) is 77.9 Å². The smallest absolute Gasteiger partial charge is 0.481 e. The Balaban J connectivity index is 0.000000479. The van der Waals surface area contributed by atoms with E-state index in [4.69, 9.17) is 15.0 Å². The van der Waals surface area contributed by atoms with E-state index in [0.717, 1.165) is 28.0 Å². The van der Waals surface area contributed by atoms with Gasteiger partial charge in [-0.3, -0.25) is 19.7 Å². The molecule has 0 saturated carbocycles. The fourth-order valence-corrected chi connectivity index (χ4v) is 4.24. The Morgan fingerprint density at radius 2 is 1.59 bits per heavy atom. The van der Waals surface area contributed by atoms with E-state index < -0.39 is 24.0 Å². The SMILES string of the molecule is O=C(O)C(F)(F)F.O=C1NC(=O)c2ccc(I)cc2/C1=C/Nc1ccc(N2CCC(C(=O)O)CC2)cc1. The molecule has 0 unspecified atom stereocenters. The number of fused-ring (bicyclic) bond motifs is 1. The van der Waals surface area contributed by atoms with Gasteiger partial charge in [0.2, 0.25) is 0 Å². The lowest BCUT2D eigenvalue weighted by Crippen LogP contribution is -2.36. The van der Waals surface area contributed by atoms with Crippen LogP contribution in [0, 0.1) is 9.49 Å². The topological polar surface area (TPSA) is 136 Å². The van der Waals surface area contributed by atoms with Crippen LogP contribution in [0.1, 0.15) is 28.8 Å². The Morgan fingerprint density at radius 1 is 1.00 bits per heavy atom. The van der Waals surface area contributed by atoms with Crippen molar-refractivity contribution in [2.24, 2.45) is 5.92 Å². The Kier molecular flexibility index (Phi) is 8.78. The van der Waals surface area contributed by atoms with E-state index in [1.807, 2.05) is 36.4 Å². The lowest BCUT2D eigenvalue weighted by molar-refractivity contribution is -0.192. The van der Waals surface area contributed by atoms with Crippen LogP contribution >= 0.6 is 22.6 Å². The van der Waals surface area contributed by atoms with E-state index in [1.54, 1.807) is 12.3 Å². The van der Waals surface area contributed by atoms with Gasteiger partial charge >= 0.3 is 18.1 Å². The predicted molar refractivity (Wildman–Crippen MR) is 136 cm³/mol. The van der Waals surface area contributed by atoms with Gasteiger partial charge in [-0.1, -0.05) is 0 Å². The lowest BCUT2D eigenvalue weighted by Gasteiger charge is -2.32. The zero-order chi connectivity index (χ0) is 27.3. The quantitative estimate of drug-likeness (QED) is 0.227. The molecule has 0 aromatic heterocycles. The number of hydrogen-bond acceptors (Lipinski definition) is 6. The number of carbonyl (C=O) groups is 4. The maximum Gasteiger partial charge on any atom is 0.490 e. The number of anilines is 2. The zero-order valence-electron chi connectivity index (χ0n) is 19.0. The van der Waals surface area contributed by atoms with Gasteiger partial charge in [0.25, 0.3) is 11.8 Å². The van der Waals surface area contributed by atoms with Gasteiger partial charge in [0.15, 0.2) is 0 Å². The average Bonchev–Trinajstić information content (AvgIpc) is 2.84. The first-order valence-electron chi connectivity index (χ1n) is 10.9. The highest BCUT2D eigenvalue weighted by Gasteiger charge is 2.38. The normalized spacial score (nSPS) is 16.9. The molecule has 2 aliphatic rings. The van der Waals surface area contributed by atoms with Crippen molar-refractivity contribution >= 4 is 63.3 Å². The standard InChI is InChI=1S/C22H20IN3O4.C2HF3O2/c23-14-1-6-17-18(11-14)19(21(28)25-20(17)27)12-24-15-2-4-16(5-3-15)26-9-7-13(8-10-26)22(29)30;3-2(4,5)1(6)7/h1-6,11-13,24H,7-10H2,(H,29,30)(H,25,27,28);(H,6,7)/b19-12-;. The number of nitrogens with one attached hydrogen (secondary N) is 2. The Labute approximate surface area is 222 Å². The number of nitrogens with zero attached hydrogens (tertiary/aromatic N) is 1. The summed E-state index contributed by atoms with van der Waals surface area (Å²) in [5.41, 5.74) is 3.34. The van der Waals surface area contributed by atoms with Crippen LogP contribution < -0.4 is 15.5 Å². The maximum absolute atomic E-state index is 12.3. The molecule has 1 saturated heterocycles. The number of amides is 2. The Bertz CT molecular complexity index is 1240. The minimum Gasteiger partial charge on any atom is -0.481 e. The molecule has 2 heterocycles.